The number of urea groups is 1. The number of carbonyl (C=O) groups excluding carboxylic acids is 1. The summed E-state index contributed by atoms with van der Waals surface area (Å²) in [6.45, 7) is 3.42. The highest BCUT2D eigenvalue weighted by atomic mass is 127. The maximum Gasteiger partial charge on any atom is 0.331 e. The average molecular weight is 540 g/mol. The first-order valence-corrected chi connectivity index (χ1v) is 11.7. The van der Waals surface area contributed by atoms with Gasteiger partial charge < -0.3 is 4.98 Å². The zero-order chi connectivity index (χ0) is 20.0. The molecule has 1 fully saturated rings. The maximum atomic E-state index is 13.3. The van der Waals surface area contributed by atoms with E-state index in [1.165, 1.54) is 34.8 Å². The highest BCUT2D eigenvalue weighted by Crippen LogP contribution is 2.37. The molecular weight excluding hydrogens is 513 g/mol. The normalized spacial score (nSPS) is 20.8. The van der Waals surface area contributed by atoms with Gasteiger partial charge in [0.25, 0.3) is 0 Å². The van der Waals surface area contributed by atoms with Crippen molar-refractivity contribution in [3.63, 3.8) is 0 Å². The number of halogens is 2. The minimum absolute atomic E-state index is 0. The van der Waals surface area contributed by atoms with Gasteiger partial charge in [-0.15, -0.1) is 12.4 Å². The van der Waals surface area contributed by atoms with E-state index in [0.717, 1.165) is 36.0 Å². The lowest BCUT2D eigenvalue weighted by Crippen LogP contribution is -2.50. The van der Waals surface area contributed by atoms with E-state index < -0.39 is 0 Å². The van der Waals surface area contributed by atoms with Gasteiger partial charge in [0.15, 0.2) is 11.7 Å². The number of imidazole rings is 1. The summed E-state index contributed by atoms with van der Waals surface area (Å²) >= 11 is 2.34. The molecule has 1 aromatic heterocycles. The Bertz CT molecular complexity index is 968. The third-order valence-corrected chi connectivity index (χ3v) is 6.82. The lowest BCUT2D eigenvalue weighted by molar-refractivity contribution is 0.226. The van der Waals surface area contributed by atoms with Crippen molar-refractivity contribution in [3.05, 3.63) is 44.9 Å². The van der Waals surface area contributed by atoms with Crippen LogP contribution in [-0.4, -0.2) is 45.9 Å². The molecule has 3 heterocycles. The second kappa shape index (κ2) is 8.86. The van der Waals surface area contributed by atoms with E-state index in [1.54, 1.807) is 0 Å². The van der Waals surface area contributed by atoms with E-state index in [-0.39, 0.29) is 24.5 Å². The molecule has 5 rings (SSSR count). The number of aromatic amines is 1. The lowest BCUT2D eigenvalue weighted by Gasteiger charge is -2.32. The number of hydrogen-bond acceptors (Lipinski definition) is 3. The van der Waals surface area contributed by atoms with Crippen LogP contribution in [0.2, 0.25) is 0 Å². The molecule has 6 nitrogen and oxygen atoms in total. The van der Waals surface area contributed by atoms with E-state index in [0.29, 0.717) is 19.0 Å². The van der Waals surface area contributed by atoms with Crippen molar-refractivity contribution in [2.45, 2.75) is 57.4 Å². The first kappa shape index (κ1) is 21.6. The number of aromatic nitrogens is 2. The Morgan fingerprint density at radius 1 is 1.27 bits per heavy atom. The standard InChI is InChI=1S/C22H26IN5O.ClH/c1-2-10-27-21-18(25-19(26-21)15-7-3-4-8-15)20-24-17(13-28(20)22(27)29)12-14-6-5-9-16(23)11-14;/h5-6,9,11,15,17H,2-4,7-8,10,12-13H2,1H3,(H,25,26);1H. The molecule has 30 heavy (non-hydrogen) atoms. The number of H-pyrrole nitrogens is 1. The molecule has 0 radical (unpaired) electrons. The summed E-state index contributed by atoms with van der Waals surface area (Å²) < 4.78 is 1.23. The fourth-order valence-electron chi connectivity index (χ4n) is 4.78. The summed E-state index contributed by atoms with van der Waals surface area (Å²) in [6.07, 6.45) is 6.64. The van der Waals surface area contributed by atoms with Crippen LogP contribution >= 0.6 is 35.0 Å². The van der Waals surface area contributed by atoms with E-state index >= 15 is 0 Å². The van der Waals surface area contributed by atoms with Crippen LogP contribution in [0.1, 0.15) is 62.0 Å². The van der Waals surface area contributed by atoms with Gasteiger partial charge in [0, 0.05) is 16.0 Å². The van der Waals surface area contributed by atoms with Crippen molar-refractivity contribution in [2.75, 3.05) is 18.0 Å². The number of anilines is 1. The van der Waals surface area contributed by atoms with Crippen LogP contribution < -0.4 is 4.90 Å². The molecule has 1 unspecified atom stereocenters. The third-order valence-electron chi connectivity index (χ3n) is 6.15. The van der Waals surface area contributed by atoms with Gasteiger partial charge in [0.05, 0.1) is 12.6 Å². The second-order valence-corrected chi connectivity index (χ2v) is 9.53. The van der Waals surface area contributed by atoms with Gasteiger partial charge in [-0.2, -0.15) is 0 Å². The number of amidine groups is 1. The molecule has 1 aliphatic carbocycles. The van der Waals surface area contributed by atoms with Crippen molar-refractivity contribution >= 4 is 52.7 Å². The molecule has 0 bridgehead atoms. The Labute approximate surface area is 197 Å². The number of carbonyl (C=O) groups is 1. The molecule has 160 valence electrons. The monoisotopic (exact) mass is 539 g/mol. The van der Waals surface area contributed by atoms with Crippen LogP contribution in [0, 0.1) is 3.57 Å². The van der Waals surface area contributed by atoms with Crippen molar-refractivity contribution in [1.82, 2.24) is 14.9 Å². The number of rotatable bonds is 5. The summed E-state index contributed by atoms with van der Waals surface area (Å²) in [6, 6.07) is 8.63. The summed E-state index contributed by atoms with van der Waals surface area (Å²) in [4.78, 5) is 30.4. The summed E-state index contributed by atoms with van der Waals surface area (Å²) in [5.74, 6) is 3.08. The number of benzene rings is 1. The first-order chi connectivity index (χ1) is 14.1. The fraction of sp³-hybridized carbons (Fsp3) is 0.500. The molecule has 1 N–H and O–H groups in total. The Balaban J connectivity index is 0.00000218. The molecule has 0 saturated heterocycles. The highest BCUT2D eigenvalue weighted by molar-refractivity contribution is 14.1. The van der Waals surface area contributed by atoms with E-state index in [1.807, 2.05) is 9.80 Å². The lowest BCUT2D eigenvalue weighted by atomic mass is 10.1. The van der Waals surface area contributed by atoms with Gasteiger partial charge in [0.2, 0.25) is 0 Å². The Kier molecular flexibility index (Phi) is 6.39. The average Bonchev–Trinajstić information content (AvgIpc) is 3.43. The molecule has 2 aromatic rings. The minimum atomic E-state index is 0. The van der Waals surface area contributed by atoms with Crippen molar-refractivity contribution in [2.24, 2.45) is 4.99 Å². The molecule has 0 spiro atoms. The zero-order valence-electron chi connectivity index (χ0n) is 17.1. The van der Waals surface area contributed by atoms with Crippen LogP contribution in [0.3, 0.4) is 0 Å². The number of hydrogen-bond donors (Lipinski definition) is 1. The van der Waals surface area contributed by atoms with E-state index in [2.05, 4.69) is 58.8 Å². The molecule has 1 aromatic carbocycles. The maximum absolute atomic E-state index is 13.3. The highest BCUT2D eigenvalue weighted by Gasteiger charge is 2.42. The van der Waals surface area contributed by atoms with Crippen molar-refractivity contribution < 1.29 is 4.79 Å². The molecule has 1 saturated carbocycles. The van der Waals surface area contributed by atoms with Crippen LogP contribution in [-0.2, 0) is 6.42 Å². The molecule has 8 heteroatoms. The molecule has 2 aliphatic heterocycles. The summed E-state index contributed by atoms with van der Waals surface area (Å²) in [5, 5.41) is 0. The van der Waals surface area contributed by atoms with Crippen LogP contribution in [0.25, 0.3) is 0 Å². The van der Waals surface area contributed by atoms with E-state index in [9.17, 15) is 4.79 Å². The van der Waals surface area contributed by atoms with E-state index in [4.69, 9.17) is 9.98 Å². The van der Waals surface area contributed by atoms with Gasteiger partial charge in [0.1, 0.15) is 11.5 Å². The predicted octanol–water partition coefficient (Wildman–Crippen LogP) is 5.12. The molecule has 1 atom stereocenters. The minimum Gasteiger partial charge on any atom is -0.337 e. The van der Waals surface area contributed by atoms with Crippen LogP contribution in [0.4, 0.5) is 10.6 Å². The largest absolute Gasteiger partial charge is 0.337 e. The third kappa shape index (κ3) is 3.86. The summed E-state index contributed by atoms with van der Waals surface area (Å²) in [7, 11) is 0. The Hall–Kier alpha value is -1.61. The Morgan fingerprint density at radius 2 is 2.07 bits per heavy atom. The molecule has 2 amide bonds. The van der Waals surface area contributed by atoms with Crippen LogP contribution in [0.5, 0.6) is 0 Å². The van der Waals surface area contributed by atoms with Crippen molar-refractivity contribution in [1.29, 1.82) is 0 Å². The number of aliphatic imine (C=N–C) groups is 1. The fourth-order valence-corrected chi connectivity index (χ4v) is 5.39. The predicted molar refractivity (Wildman–Crippen MR) is 130 cm³/mol. The number of nitrogens with one attached hydrogen (secondary N) is 1. The smallest absolute Gasteiger partial charge is 0.331 e. The zero-order valence-corrected chi connectivity index (χ0v) is 20.1. The second-order valence-electron chi connectivity index (χ2n) is 8.29. The molecule has 3 aliphatic rings. The SMILES string of the molecule is CCCN1C(=O)N2CC(Cc3cccc(I)c3)N=C2c2[nH]c(C3CCCC3)nc21.Cl. The number of fused-ring (bicyclic) bond motifs is 3. The van der Waals surface area contributed by atoms with Gasteiger partial charge in [-0.3, -0.25) is 14.8 Å². The van der Waals surface area contributed by atoms with Crippen LogP contribution in [0.15, 0.2) is 29.3 Å². The van der Waals surface area contributed by atoms with Gasteiger partial charge in [-0.05, 0) is 66.0 Å². The molecular formula is C22H27ClIN5O. The summed E-state index contributed by atoms with van der Waals surface area (Å²) in [5.41, 5.74) is 2.20. The quantitative estimate of drug-likeness (QED) is 0.536. The van der Waals surface area contributed by atoms with Crippen molar-refractivity contribution in [3.8, 4) is 0 Å². The number of amides is 2. The topological polar surface area (TPSA) is 64.6 Å². The van der Waals surface area contributed by atoms with Gasteiger partial charge >= 0.3 is 6.03 Å². The Morgan fingerprint density at radius 3 is 2.80 bits per heavy atom. The first-order valence-electron chi connectivity index (χ1n) is 10.7. The number of nitrogens with zero attached hydrogens (tertiary/aromatic N) is 4. The van der Waals surface area contributed by atoms with Gasteiger partial charge in [-0.1, -0.05) is 31.9 Å². The van der Waals surface area contributed by atoms with Gasteiger partial charge in [-0.25, -0.2) is 9.78 Å².